The maximum atomic E-state index is 13.4. The maximum absolute atomic E-state index is 13.4. The number of carboxylic acid groups (broad SMARTS) is 1. The van der Waals surface area contributed by atoms with Gasteiger partial charge < -0.3 is 10.0 Å². The van der Waals surface area contributed by atoms with Gasteiger partial charge in [0.15, 0.2) is 0 Å². The van der Waals surface area contributed by atoms with Crippen molar-refractivity contribution in [1.82, 2.24) is 14.8 Å². The topological polar surface area (TPSA) is 56.7 Å². The third kappa shape index (κ3) is 3.08. The average molecular weight is 303 g/mol. The highest BCUT2D eigenvalue weighted by molar-refractivity contribution is 6.02. The number of hydrogen-bond acceptors (Lipinski definition) is 4. The molecule has 1 aromatic carbocycles. The zero-order valence-corrected chi connectivity index (χ0v) is 12.4. The first-order chi connectivity index (χ1) is 10.5. The summed E-state index contributed by atoms with van der Waals surface area (Å²) in [6.07, 6.45) is 0. The summed E-state index contributed by atoms with van der Waals surface area (Å²) in [6, 6.07) is 5.62. The predicted molar refractivity (Wildman–Crippen MR) is 81.4 cm³/mol. The minimum Gasteiger partial charge on any atom is -0.478 e. The summed E-state index contributed by atoms with van der Waals surface area (Å²) in [5, 5.41) is 9.71. The van der Waals surface area contributed by atoms with E-state index in [-0.39, 0.29) is 5.56 Å². The lowest BCUT2D eigenvalue weighted by Crippen LogP contribution is -2.44. The normalized spacial score (nSPS) is 17.0. The molecule has 0 aliphatic carbocycles. The van der Waals surface area contributed by atoms with E-state index in [1.807, 2.05) is 0 Å². The van der Waals surface area contributed by atoms with Crippen LogP contribution in [0.15, 0.2) is 24.3 Å². The zero-order chi connectivity index (χ0) is 15.7. The van der Waals surface area contributed by atoms with Crippen LogP contribution in [0.25, 0.3) is 10.9 Å². The molecule has 5 nitrogen and oxygen atoms in total. The molecule has 116 valence electrons. The number of rotatable bonds is 3. The van der Waals surface area contributed by atoms with Gasteiger partial charge in [-0.25, -0.2) is 9.18 Å². The molecule has 1 fully saturated rings. The summed E-state index contributed by atoms with van der Waals surface area (Å²) >= 11 is 0. The zero-order valence-electron chi connectivity index (χ0n) is 12.4. The molecule has 0 atom stereocenters. The Balaban J connectivity index is 1.93. The molecule has 1 aromatic heterocycles. The van der Waals surface area contributed by atoms with E-state index in [1.54, 1.807) is 6.07 Å². The summed E-state index contributed by atoms with van der Waals surface area (Å²) in [7, 11) is 2.09. The fourth-order valence-corrected chi connectivity index (χ4v) is 2.75. The molecule has 0 amide bonds. The molecule has 22 heavy (non-hydrogen) atoms. The van der Waals surface area contributed by atoms with Crippen LogP contribution in [0.4, 0.5) is 4.39 Å². The Morgan fingerprint density at radius 1 is 1.27 bits per heavy atom. The lowest BCUT2D eigenvalue weighted by atomic mass is 10.1. The summed E-state index contributed by atoms with van der Waals surface area (Å²) < 4.78 is 13.4. The number of likely N-dealkylation sites (N-methyl/N-ethyl adjacent to an activating group) is 1. The Hall–Kier alpha value is -2.05. The van der Waals surface area contributed by atoms with Crippen molar-refractivity contribution in [3.8, 4) is 0 Å². The van der Waals surface area contributed by atoms with E-state index >= 15 is 0 Å². The van der Waals surface area contributed by atoms with Crippen molar-refractivity contribution in [3.63, 3.8) is 0 Å². The van der Waals surface area contributed by atoms with E-state index < -0.39 is 11.8 Å². The summed E-state index contributed by atoms with van der Waals surface area (Å²) in [5.74, 6) is -1.51. The second kappa shape index (κ2) is 5.98. The molecular formula is C16H18FN3O2. The molecule has 0 spiro atoms. The number of carbonyl (C=O) groups is 1. The van der Waals surface area contributed by atoms with E-state index in [1.165, 1.54) is 18.2 Å². The standard InChI is InChI=1S/C16H18FN3O2/c1-19-4-6-20(7-5-19)10-12-9-14(16(21)22)13-8-11(17)2-3-15(13)18-12/h2-3,8-9H,4-7,10H2,1H3,(H,21,22). The fourth-order valence-electron chi connectivity index (χ4n) is 2.75. The lowest BCUT2D eigenvalue weighted by molar-refractivity contribution is 0.0698. The van der Waals surface area contributed by atoms with Crippen LogP contribution in [0.3, 0.4) is 0 Å². The number of carboxylic acids is 1. The number of nitrogens with zero attached hydrogens (tertiary/aromatic N) is 3. The molecule has 0 bridgehead atoms. The van der Waals surface area contributed by atoms with Crippen LogP contribution in [0.2, 0.25) is 0 Å². The molecule has 6 heteroatoms. The van der Waals surface area contributed by atoms with Gasteiger partial charge in [-0.3, -0.25) is 9.88 Å². The SMILES string of the molecule is CN1CCN(Cc2cc(C(=O)O)c3cc(F)ccc3n2)CC1. The Morgan fingerprint density at radius 3 is 2.68 bits per heavy atom. The highest BCUT2D eigenvalue weighted by atomic mass is 19.1. The minimum absolute atomic E-state index is 0.105. The third-order valence-corrected chi connectivity index (χ3v) is 4.04. The monoisotopic (exact) mass is 303 g/mol. The number of halogens is 1. The van der Waals surface area contributed by atoms with Gasteiger partial charge in [0.05, 0.1) is 16.8 Å². The number of fused-ring (bicyclic) bond motifs is 1. The molecule has 0 unspecified atom stereocenters. The van der Waals surface area contributed by atoms with E-state index in [2.05, 4.69) is 21.8 Å². The van der Waals surface area contributed by atoms with E-state index in [0.29, 0.717) is 23.1 Å². The summed E-state index contributed by atoms with van der Waals surface area (Å²) in [6.45, 7) is 4.46. The van der Waals surface area contributed by atoms with E-state index in [9.17, 15) is 14.3 Å². The van der Waals surface area contributed by atoms with Crippen molar-refractivity contribution in [3.05, 3.63) is 41.3 Å². The van der Waals surface area contributed by atoms with Crippen molar-refractivity contribution < 1.29 is 14.3 Å². The molecule has 0 radical (unpaired) electrons. The van der Waals surface area contributed by atoms with Crippen LogP contribution in [0.5, 0.6) is 0 Å². The molecular weight excluding hydrogens is 285 g/mol. The quantitative estimate of drug-likeness (QED) is 0.937. The van der Waals surface area contributed by atoms with Crippen molar-refractivity contribution in [2.24, 2.45) is 0 Å². The van der Waals surface area contributed by atoms with Crippen LogP contribution >= 0.6 is 0 Å². The molecule has 2 aromatic rings. The minimum atomic E-state index is -1.06. The Labute approximate surface area is 128 Å². The Kier molecular flexibility index (Phi) is 4.04. The highest BCUT2D eigenvalue weighted by Crippen LogP contribution is 2.21. The molecule has 1 aliphatic heterocycles. The van der Waals surface area contributed by atoms with Gasteiger partial charge in [0.2, 0.25) is 0 Å². The van der Waals surface area contributed by atoms with Gasteiger partial charge >= 0.3 is 5.97 Å². The molecule has 2 heterocycles. The van der Waals surface area contributed by atoms with Gasteiger partial charge in [0, 0.05) is 38.1 Å². The fraction of sp³-hybridized carbons (Fsp3) is 0.375. The van der Waals surface area contributed by atoms with Crippen molar-refractivity contribution in [1.29, 1.82) is 0 Å². The molecule has 0 saturated carbocycles. The van der Waals surface area contributed by atoms with Gasteiger partial charge in [0.1, 0.15) is 5.82 Å². The van der Waals surface area contributed by atoms with E-state index in [4.69, 9.17) is 0 Å². The molecule has 1 N–H and O–H groups in total. The van der Waals surface area contributed by atoms with Crippen LogP contribution in [-0.4, -0.2) is 59.1 Å². The summed E-state index contributed by atoms with van der Waals surface area (Å²) in [4.78, 5) is 20.4. The van der Waals surface area contributed by atoms with Crippen molar-refractivity contribution in [2.75, 3.05) is 33.2 Å². The molecule has 3 rings (SSSR count). The number of aromatic nitrogens is 1. The Bertz CT molecular complexity index is 712. The van der Waals surface area contributed by atoms with Crippen LogP contribution < -0.4 is 0 Å². The van der Waals surface area contributed by atoms with Gasteiger partial charge in [-0.15, -0.1) is 0 Å². The largest absolute Gasteiger partial charge is 0.478 e. The first-order valence-corrected chi connectivity index (χ1v) is 7.26. The first-order valence-electron chi connectivity index (χ1n) is 7.26. The Morgan fingerprint density at radius 2 is 2.00 bits per heavy atom. The van der Waals surface area contributed by atoms with Crippen molar-refractivity contribution in [2.45, 2.75) is 6.54 Å². The smallest absolute Gasteiger partial charge is 0.336 e. The first kappa shape index (κ1) is 14.9. The second-order valence-electron chi connectivity index (χ2n) is 5.71. The van der Waals surface area contributed by atoms with Crippen molar-refractivity contribution >= 4 is 16.9 Å². The number of hydrogen-bond donors (Lipinski definition) is 1. The number of piperazine rings is 1. The maximum Gasteiger partial charge on any atom is 0.336 e. The van der Waals surface area contributed by atoms with Gasteiger partial charge in [-0.1, -0.05) is 0 Å². The average Bonchev–Trinajstić information content (AvgIpc) is 2.49. The number of pyridine rings is 1. The van der Waals surface area contributed by atoms with Gasteiger partial charge in [-0.2, -0.15) is 0 Å². The van der Waals surface area contributed by atoms with E-state index in [0.717, 1.165) is 26.2 Å². The highest BCUT2D eigenvalue weighted by Gasteiger charge is 2.17. The van der Waals surface area contributed by atoms with Crippen LogP contribution in [-0.2, 0) is 6.54 Å². The predicted octanol–water partition coefficient (Wildman–Crippen LogP) is 1.82. The van der Waals surface area contributed by atoms with Crippen LogP contribution in [0.1, 0.15) is 16.1 Å². The third-order valence-electron chi connectivity index (χ3n) is 4.04. The number of benzene rings is 1. The number of aromatic carboxylic acids is 1. The lowest BCUT2D eigenvalue weighted by Gasteiger charge is -2.32. The van der Waals surface area contributed by atoms with Gasteiger partial charge in [-0.05, 0) is 31.3 Å². The van der Waals surface area contributed by atoms with Crippen LogP contribution in [0, 0.1) is 5.82 Å². The second-order valence-corrected chi connectivity index (χ2v) is 5.71. The van der Waals surface area contributed by atoms with Gasteiger partial charge in [0.25, 0.3) is 0 Å². The molecule has 1 aliphatic rings. The summed E-state index contributed by atoms with van der Waals surface area (Å²) in [5.41, 5.74) is 1.33. The molecule has 1 saturated heterocycles.